The Hall–Kier alpha value is -3.49. The molecule has 6 rings (SSSR count). The average Bonchev–Trinajstić information content (AvgIpc) is 3.41. The number of aromatic nitrogens is 5. The van der Waals surface area contributed by atoms with Crippen LogP contribution in [0.2, 0.25) is 5.28 Å². The lowest BCUT2D eigenvalue weighted by atomic mass is 10.1. The number of hydrogen-bond acceptors (Lipinski definition) is 5. The number of aromatic amines is 1. The predicted octanol–water partition coefficient (Wildman–Crippen LogP) is 4.90. The number of H-pyrrole nitrogens is 1. The minimum Gasteiger partial charge on any atom is -0.378 e. The molecule has 166 valence electrons. The van der Waals surface area contributed by atoms with E-state index in [4.69, 9.17) is 21.3 Å². The number of rotatable bonds is 3. The van der Waals surface area contributed by atoms with Crippen LogP contribution in [0, 0.1) is 12.7 Å². The number of pyridine rings is 1. The van der Waals surface area contributed by atoms with Gasteiger partial charge in [0.1, 0.15) is 17.2 Å². The quantitative estimate of drug-likeness (QED) is 0.413. The molecular weight excluding hydrogens is 443 g/mol. The summed E-state index contributed by atoms with van der Waals surface area (Å²) in [6, 6.07) is 11.1. The third-order valence-electron chi connectivity index (χ3n) is 6.06. The highest BCUT2D eigenvalue weighted by Gasteiger charge is 2.21. The van der Waals surface area contributed by atoms with Crippen molar-refractivity contribution in [2.75, 3.05) is 31.2 Å². The summed E-state index contributed by atoms with van der Waals surface area (Å²) in [7, 11) is 0. The van der Waals surface area contributed by atoms with Crippen molar-refractivity contribution in [1.82, 2.24) is 24.5 Å². The summed E-state index contributed by atoms with van der Waals surface area (Å²) in [4.78, 5) is 18.8. The first-order chi connectivity index (χ1) is 16.1. The largest absolute Gasteiger partial charge is 0.378 e. The second-order valence-corrected chi connectivity index (χ2v) is 8.37. The molecule has 2 aromatic carbocycles. The molecule has 0 atom stereocenters. The highest BCUT2D eigenvalue weighted by atomic mass is 35.5. The number of hydrogen-bond donors (Lipinski definition) is 1. The van der Waals surface area contributed by atoms with Crippen LogP contribution in [0.25, 0.3) is 38.9 Å². The van der Waals surface area contributed by atoms with E-state index in [1.54, 1.807) is 18.5 Å². The Labute approximate surface area is 193 Å². The molecule has 9 heteroatoms. The molecule has 0 amide bonds. The van der Waals surface area contributed by atoms with Gasteiger partial charge in [-0.05, 0) is 42.8 Å². The van der Waals surface area contributed by atoms with E-state index in [0.29, 0.717) is 24.0 Å². The van der Waals surface area contributed by atoms with Crippen molar-refractivity contribution in [1.29, 1.82) is 0 Å². The average molecular weight is 463 g/mol. The number of halogens is 2. The van der Waals surface area contributed by atoms with E-state index in [1.165, 1.54) is 6.07 Å². The van der Waals surface area contributed by atoms with E-state index >= 15 is 0 Å². The van der Waals surface area contributed by atoms with Crippen LogP contribution in [-0.2, 0) is 4.74 Å². The summed E-state index contributed by atoms with van der Waals surface area (Å²) < 4.78 is 22.1. The number of morpholine rings is 1. The summed E-state index contributed by atoms with van der Waals surface area (Å²) in [6.45, 7) is 4.89. The molecule has 1 fully saturated rings. The van der Waals surface area contributed by atoms with Crippen molar-refractivity contribution < 1.29 is 9.13 Å². The van der Waals surface area contributed by atoms with E-state index in [9.17, 15) is 4.39 Å². The monoisotopic (exact) mass is 462 g/mol. The minimum atomic E-state index is -0.349. The number of aryl methyl sites for hydroxylation is 1. The van der Waals surface area contributed by atoms with Crippen molar-refractivity contribution in [3.63, 3.8) is 0 Å². The van der Waals surface area contributed by atoms with Crippen molar-refractivity contribution >= 4 is 39.2 Å². The lowest BCUT2D eigenvalue weighted by Crippen LogP contribution is -2.36. The third-order valence-corrected chi connectivity index (χ3v) is 6.26. The van der Waals surface area contributed by atoms with Crippen LogP contribution >= 0.6 is 11.6 Å². The topological polar surface area (TPSA) is 71.9 Å². The van der Waals surface area contributed by atoms with Crippen molar-refractivity contribution in [3.05, 3.63) is 65.7 Å². The molecule has 1 N–H and O–H groups in total. The van der Waals surface area contributed by atoms with Gasteiger partial charge in [-0.1, -0.05) is 12.1 Å². The zero-order chi connectivity index (χ0) is 22.5. The molecule has 1 aliphatic heterocycles. The summed E-state index contributed by atoms with van der Waals surface area (Å²) in [5, 5.41) is 1.05. The Morgan fingerprint density at radius 3 is 2.73 bits per heavy atom. The third kappa shape index (κ3) is 3.34. The minimum absolute atomic E-state index is 0.321. The van der Waals surface area contributed by atoms with Gasteiger partial charge in [-0.25, -0.2) is 14.4 Å². The zero-order valence-corrected chi connectivity index (χ0v) is 18.6. The summed E-state index contributed by atoms with van der Waals surface area (Å²) in [6.07, 6.45) is 3.35. The fourth-order valence-corrected chi connectivity index (χ4v) is 4.70. The van der Waals surface area contributed by atoms with Gasteiger partial charge in [0.25, 0.3) is 0 Å². The molecule has 0 radical (unpaired) electrons. The van der Waals surface area contributed by atoms with Gasteiger partial charge in [0.2, 0.25) is 0 Å². The lowest BCUT2D eigenvalue weighted by Gasteiger charge is -2.29. The number of anilines is 1. The van der Waals surface area contributed by atoms with Gasteiger partial charge < -0.3 is 14.6 Å². The second-order valence-electron chi connectivity index (χ2n) is 8.01. The number of para-hydroxylation sites is 1. The maximum Gasteiger partial charge on any atom is 0.200 e. The Kier molecular flexibility index (Phi) is 4.78. The molecule has 33 heavy (non-hydrogen) atoms. The van der Waals surface area contributed by atoms with Crippen molar-refractivity contribution in [2.24, 2.45) is 0 Å². The molecule has 4 heterocycles. The van der Waals surface area contributed by atoms with Gasteiger partial charge in [0.05, 0.1) is 41.8 Å². The number of imidazole rings is 2. The van der Waals surface area contributed by atoms with Gasteiger partial charge in [-0.3, -0.25) is 9.55 Å². The Bertz CT molecular complexity index is 1500. The first-order valence-corrected chi connectivity index (χ1v) is 11.1. The molecule has 5 aromatic rings. The van der Waals surface area contributed by atoms with Gasteiger partial charge in [-0.15, -0.1) is 0 Å². The molecule has 3 aromatic heterocycles. The Morgan fingerprint density at radius 1 is 1.09 bits per heavy atom. The number of fused-ring (bicyclic) bond motifs is 2. The van der Waals surface area contributed by atoms with Gasteiger partial charge >= 0.3 is 0 Å². The van der Waals surface area contributed by atoms with E-state index in [0.717, 1.165) is 58.0 Å². The number of ether oxygens (including phenoxy) is 1. The highest BCUT2D eigenvalue weighted by molar-refractivity contribution is 6.28. The van der Waals surface area contributed by atoms with Crippen LogP contribution in [0.1, 0.15) is 5.82 Å². The maximum absolute atomic E-state index is 14.5. The first kappa shape index (κ1) is 20.1. The zero-order valence-electron chi connectivity index (χ0n) is 17.8. The van der Waals surface area contributed by atoms with Crippen LogP contribution < -0.4 is 4.90 Å². The summed E-state index contributed by atoms with van der Waals surface area (Å²) in [5.41, 5.74) is 5.63. The molecule has 0 saturated carbocycles. The summed E-state index contributed by atoms with van der Waals surface area (Å²) >= 11 is 6.10. The van der Waals surface area contributed by atoms with E-state index in [-0.39, 0.29) is 5.82 Å². The highest BCUT2D eigenvalue weighted by Crippen LogP contribution is 2.36. The molecule has 0 unspecified atom stereocenters. The van der Waals surface area contributed by atoms with Crippen LogP contribution in [0.15, 0.2) is 48.8 Å². The fraction of sp³-hybridized carbons (Fsp3) is 0.208. The Balaban J connectivity index is 1.66. The smallest absolute Gasteiger partial charge is 0.200 e. The standard InChI is InChI=1S/C24H20ClFN6O/c1-14-29-23-17(19-13-28-24(25)30-19)11-15(31-7-9-33-10-8-31)12-21(23)32(14)20-5-6-27-22-16(20)3-2-4-18(22)26/h2-6,11-13H,7-10H2,1H3,(H,28,30). The number of nitrogens with zero attached hydrogens (tertiary/aromatic N) is 5. The number of benzene rings is 2. The van der Waals surface area contributed by atoms with E-state index in [1.807, 2.05) is 19.1 Å². The fourth-order valence-electron chi connectivity index (χ4n) is 4.55. The van der Waals surface area contributed by atoms with Crippen molar-refractivity contribution in [3.8, 4) is 16.9 Å². The molecular formula is C24H20ClFN6O. The molecule has 0 spiro atoms. The van der Waals surface area contributed by atoms with Gasteiger partial charge in [0.15, 0.2) is 5.28 Å². The van der Waals surface area contributed by atoms with Crippen LogP contribution in [0.3, 0.4) is 0 Å². The maximum atomic E-state index is 14.5. The molecule has 0 aliphatic carbocycles. The Morgan fingerprint density at radius 2 is 1.94 bits per heavy atom. The molecule has 7 nitrogen and oxygen atoms in total. The van der Waals surface area contributed by atoms with Crippen molar-refractivity contribution in [2.45, 2.75) is 6.92 Å². The van der Waals surface area contributed by atoms with Crippen LogP contribution in [0.5, 0.6) is 0 Å². The van der Waals surface area contributed by atoms with E-state index < -0.39 is 0 Å². The van der Waals surface area contributed by atoms with Gasteiger partial charge in [0, 0.05) is 35.9 Å². The summed E-state index contributed by atoms with van der Waals surface area (Å²) in [5.74, 6) is 0.436. The molecule has 0 bridgehead atoms. The SMILES string of the molecule is Cc1nc2c(-c3cnc(Cl)[nH]3)cc(N3CCOCC3)cc2n1-c1ccnc2c(F)cccc12. The van der Waals surface area contributed by atoms with Crippen LogP contribution in [0.4, 0.5) is 10.1 Å². The van der Waals surface area contributed by atoms with E-state index in [2.05, 4.69) is 36.6 Å². The normalized spacial score (nSPS) is 14.5. The second kappa shape index (κ2) is 7.83. The molecule has 1 saturated heterocycles. The number of nitrogens with one attached hydrogen (secondary N) is 1. The molecule has 1 aliphatic rings. The lowest BCUT2D eigenvalue weighted by molar-refractivity contribution is 0.122. The van der Waals surface area contributed by atoms with Crippen LogP contribution in [-0.4, -0.2) is 50.8 Å². The predicted molar refractivity (Wildman–Crippen MR) is 127 cm³/mol. The van der Waals surface area contributed by atoms with Gasteiger partial charge in [-0.2, -0.15) is 0 Å². The first-order valence-electron chi connectivity index (χ1n) is 10.7.